The standard InChI is InChI=1S/C20H15ClFIN2O3/c1-27-18(26)20(28-12-7-8-12,14-4-2-3-5-15(14)22)17-13-10-11(23)6-9-16(13)24-19(21)25-17/h2-6,9-10,12H,7-8H2,1H3. The maximum Gasteiger partial charge on any atom is 0.349 e. The van der Waals surface area contributed by atoms with Gasteiger partial charge in [0.15, 0.2) is 0 Å². The van der Waals surface area contributed by atoms with Crippen molar-refractivity contribution in [3.05, 3.63) is 68.4 Å². The number of aromatic nitrogens is 2. The van der Waals surface area contributed by atoms with Crippen LogP contribution in [0.1, 0.15) is 24.1 Å². The molecule has 1 aliphatic rings. The van der Waals surface area contributed by atoms with Crippen LogP contribution in [0.2, 0.25) is 5.28 Å². The van der Waals surface area contributed by atoms with Gasteiger partial charge in [0.25, 0.3) is 0 Å². The Bertz CT molecular complexity index is 1080. The van der Waals surface area contributed by atoms with Crippen molar-refractivity contribution in [3.8, 4) is 0 Å². The van der Waals surface area contributed by atoms with Gasteiger partial charge in [-0.2, -0.15) is 0 Å². The van der Waals surface area contributed by atoms with Gasteiger partial charge in [-0.25, -0.2) is 19.2 Å². The van der Waals surface area contributed by atoms with E-state index in [1.165, 1.54) is 19.2 Å². The fourth-order valence-electron chi connectivity index (χ4n) is 3.17. The summed E-state index contributed by atoms with van der Waals surface area (Å²) in [5, 5.41) is 0.485. The molecule has 0 radical (unpaired) electrons. The number of esters is 1. The molecule has 0 saturated heterocycles. The van der Waals surface area contributed by atoms with Crippen LogP contribution >= 0.6 is 34.2 Å². The van der Waals surface area contributed by atoms with Crippen molar-refractivity contribution in [3.63, 3.8) is 0 Å². The summed E-state index contributed by atoms with van der Waals surface area (Å²) in [7, 11) is 1.24. The van der Waals surface area contributed by atoms with Crippen LogP contribution < -0.4 is 0 Å². The first kappa shape index (κ1) is 19.5. The smallest absolute Gasteiger partial charge is 0.349 e. The quantitative estimate of drug-likeness (QED) is 0.284. The zero-order valence-corrected chi connectivity index (χ0v) is 17.7. The van der Waals surface area contributed by atoms with E-state index in [4.69, 9.17) is 21.1 Å². The zero-order valence-electron chi connectivity index (χ0n) is 14.8. The third-order valence-corrected chi connectivity index (χ3v) is 5.40. The summed E-state index contributed by atoms with van der Waals surface area (Å²) >= 11 is 8.32. The molecular weight excluding hydrogens is 498 g/mol. The van der Waals surface area contributed by atoms with E-state index in [0.717, 1.165) is 16.4 Å². The van der Waals surface area contributed by atoms with Crippen molar-refractivity contribution >= 4 is 51.1 Å². The Morgan fingerprint density at radius 2 is 2.00 bits per heavy atom. The molecule has 4 rings (SSSR count). The number of methoxy groups -OCH3 is 1. The van der Waals surface area contributed by atoms with E-state index in [9.17, 15) is 9.18 Å². The average molecular weight is 513 g/mol. The van der Waals surface area contributed by atoms with Crippen LogP contribution in [0.25, 0.3) is 10.9 Å². The summed E-state index contributed by atoms with van der Waals surface area (Å²) in [6, 6.07) is 11.4. The molecule has 0 N–H and O–H groups in total. The molecule has 0 bridgehead atoms. The van der Waals surface area contributed by atoms with Crippen molar-refractivity contribution < 1.29 is 18.7 Å². The summed E-state index contributed by atoms with van der Waals surface area (Å²) in [5.41, 5.74) is -1.16. The molecule has 2 aromatic carbocycles. The number of halogens is 3. The number of nitrogens with zero attached hydrogens (tertiary/aromatic N) is 2. The molecule has 1 fully saturated rings. The fraction of sp³-hybridized carbons (Fsp3) is 0.250. The first-order valence-corrected chi connectivity index (χ1v) is 10.1. The Hall–Kier alpha value is -1.84. The minimum atomic E-state index is -1.89. The third-order valence-electron chi connectivity index (χ3n) is 4.56. The number of carbonyl (C=O) groups is 1. The third kappa shape index (κ3) is 3.35. The Morgan fingerprint density at radius 3 is 2.68 bits per heavy atom. The van der Waals surface area contributed by atoms with Crippen LogP contribution in [0.5, 0.6) is 0 Å². The first-order chi connectivity index (χ1) is 13.5. The Morgan fingerprint density at radius 1 is 1.25 bits per heavy atom. The lowest BCUT2D eigenvalue weighted by Crippen LogP contribution is -2.43. The molecule has 8 heteroatoms. The van der Waals surface area contributed by atoms with Gasteiger partial charge in [-0.15, -0.1) is 0 Å². The number of hydrogen-bond acceptors (Lipinski definition) is 5. The van der Waals surface area contributed by atoms with Crippen LogP contribution in [0, 0.1) is 9.39 Å². The normalized spacial score (nSPS) is 16.0. The Kier molecular flexibility index (Phi) is 5.24. The number of benzene rings is 2. The molecule has 1 aromatic heterocycles. The lowest BCUT2D eigenvalue weighted by atomic mass is 9.87. The maximum absolute atomic E-state index is 15.0. The van der Waals surface area contributed by atoms with E-state index < -0.39 is 17.4 Å². The predicted molar refractivity (Wildman–Crippen MR) is 111 cm³/mol. The lowest BCUT2D eigenvalue weighted by molar-refractivity contribution is -0.167. The number of rotatable bonds is 5. The van der Waals surface area contributed by atoms with E-state index in [2.05, 4.69) is 32.6 Å². The Labute approximate surface area is 179 Å². The molecule has 0 spiro atoms. The van der Waals surface area contributed by atoms with E-state index in [0.29, 0.717) is 10.9 Å². The van der Waals surface area contributed by atoms with E-state index >= 15 is 0 Å². The van der Waals surface area contributed by atoms with Crippen molar-refractivity contribution in [1.82, 2.24) is 9.97 Å². The highest BCUT2D eigenvalue weighted by atomic mass is 127. The minimum Gasteiger partial charge on any atom is -0.466 e. The number of carbonyl (C=O) groups excluding carboxylic acids is 1. The number of fused-ring (bicyclic) bond motifs is 1. The molecule has 0 amide bonds. The second-order valence-corrected chi connectivity index (χ2v) is 8.06. The van der Waals surface area contributed by atoms with Crippen molar-refractivity contribution in [1.29, 1.82) is 0 Å². The summed E-state index contributed by atoms with van der Waals surface area (Å²) in [4.78, 5) is 21.7. The van der Waals surface area contributed by atoms with Crippen molar-refractivity contribution in [2.45, 2.75) is 24.5 Å². The molecular formula is C20H15ClFIN2O3. The van der Waals surface area contributed by atoms with E-state index in [1.54, 1.807) is 18.2 Å². The molecule has 1 saturated carbocycles. The zero-order chi connectivity index (χ0) is 19.9. The monoisotopic (exact) mass is 512 g/mol. The van der Waals surface area contributed by atoms with Crippen LogP contribution in [0.15, 0.2) is 42.5 Å². The average Bonchev–Trinajstić information content (AvgIpc) is 3.50. The van der Waals surface area contributed by atoms with Crippen LogP contribution in [-0.2, 0) is 19.9 Å². The van der Waals surface area contributed by atoms with Crippen LogP contribution in [0.4, 0.5) is 4.39 Å². The van der Waals surface area contributed by atoms with Gasteiger partial charge in [-0.1, -0.05) is 18.2 Å². The highest BCUT2D eigenvalue weighted by Crippen LogP contribution is 2.44. The van der Waals surface area contributed by atoms with Crippen LogP contribution in [0.3, 0.4) is 0 Å². The maximum atomic E-state index is 15.0. The van der Waals surface area contributed by atoms with Gasteiger partial charge in [-0.05, 0) is 71.3 Å². The predicted octanol–water partition coefficient (Wildman–Crippen LogP) is 4.62. The molecule has 144 valence electrons. The first-order valence-electron chi connectivity index (χ1n) is 8.60. The minimum absolute atomic E-state index is 0.0312. The summed E-state index contributed by atoms with van der Waals surface area (Å²) in [6.07, 6.45) is 1.33. The topological polar surface area (TPSA) is 61.3 Å². The van der Waals surface area contributed by atoms with Crippen molar-refractivity contribution in [2.24, 2.45) is 0 Å². The largest absolute Gasteiger partial charge is 0.466 e. The SMILES string of the molecule is COC(=O)C(OC1CC1)(c1ccccc1F)c1nc(Cl)nc2ccc(I)cc12. The number of hydrogen-bond donors (Lipinski definition) is 0. The molecule has 1 unspecified atom stereocenters. The molecule has 5 nitrogen and oxygen atoms in total. The highest BCUT2D eigenvalue weighted by molar-refractivity contribution is 14.1. The number of ether oxygens (including phenoxy) is 2. The summed E-state index contributed by atoms with van der Waals surface area (Å²) in [5.74, 6) is -1.36. The van der Waals surface area contributed by atoms with Gasteiger partial charge in [0.2, 0.25) is 10.9 Å². The van der Waals surface area contributed by atoms with Gasteiger partial charge in [-0.3, -0.25) is 0 Å². The molecule has 0 aliphatic heterocycles. The second kappa shape index (κ2) is 7.53. The highest BCUT2D eigenvalue weighted by Gasteiger charge is 2.52. The summed E-state index contributed by atoms with van der Waals surface area (Å²) in [6.45, 7) is 0. The van der Waals surface area contributed by atoms with Gasteiger partial charge in [0.05, 0.1) is 18.7 Å². The second-order valence-electron chi connectivity index (χ2n) is 6.47. The van der Waals surface area contributed by atoms with E-state index in [-0.39, 0.29) is 22.6 Å². The van der Waals surface area contributed by atoms with Crippen LogP contribution in [-0.4, -0.2) is 29.2 Å². The lowest BCUT2D eigenvalue weighted by Gasteiger charge is -2.32. The molecule has 1 heterocycles. The molecule has 1 aliphatic carbocycles. The summed E-state index contributed by atoms with van der Waals surface area (Å²) < 4.78 is 27.1. The van der Waals surface area contributed by atoms with Gasteiger partial charge < -0.3 is 9.47 Å². The fourth-order valence-corrected chi connectivity index (χ4v) is 3.84. The molecule has 1 atom stereocenters. The van der Waals surface area contributed by atoms with Gasteiger partial charge in [0.1, 0.15) is 11.5 Å². The van der Waals surface area contributed by atoms with Crippen molar-refractivity contribution in [2.75, 3.05) is 7.11 Å². The Balaban J connectivity index is 2.12. The van der Waals surface area contributed by atoms with Gasteiger partial charge >= 0.3 is 5.97 Å². The van der Waals surface area contributed by atoms with E-state index in [1.807, 2.05) is 12.1 Å². The molecule has 28 heavy (non-hydrogen) atoms. The van der Waals surface area contributed by atoms with Gasteiger partial charge in [0, 0.05) is 14.5 Å². The molecule has 3 aromatic rings.